The van der Waals surface area contributed by atoms with Crippen LogP contribution in [0.3, 0.4) is 0 Å². The molecule has 3 rings (SSSR count). The number of ether oxygens (including phenoxy) is 2. The summed E-state index contributed by atoms with van der Waals surface area (Å²) in [6, 6.07) is 8.24. The van der Waals surface area contributed by atoms with Gasteiger partial charge in [-0.25, -0.2) is 14.8 Å². The zero-order chi connectivity index (χ0) is 17.6. The average molecular weight is 357 g/mol. The Morgan fingerprint density at radius 1 is 1.24 bits per heavy atom. The smallest absolute Gasteiger partial charge is 0.384 e. The number of rotatable bonds is 4. The molecule has 25 heavy (non-hydrogen) atoms. The Balaban J connectivity index is 1.50. The number of aromatic nitrogens is 2. The molecule has 1 saturated carbocycles. The lowest BCUT2D eigenvalue weighted by Gasteiger charge is -2.34. The minimum atomic E-state index is -0.564. The number of esters is 1. The van der Waals surface area contributed by atoms with Crippen LogP contribution in [0.25, 0.3) is 0 Å². The average Bonchev–Trinajstić information content (AvgIpc) is 2.58. The summed E-state index contributed by atoms with van der Waals surface area (Å²) in [5, 5.41) is 0.746. The molecule has 1 aromatic carbocycles. The Bertz CT molecular complexity index is 788. The normalized spacial score (nSPS) is 18.5. The fraction of sp³-hybridized carbons (Fsp3) is 0.316. The molecule has 0 radical (unpaired) electrons. The maximum atomic E-state index is 11.2. The van der Waals surface area contributed by atoms with E-state index in [-0.39, 0.29) is 6.10 Å². The predicted octanol–water partition coefficient (Wildman–Crippen LogP) is 3.37. The molecule has 0 spiro atoms. The van der Waals surface area contributed by atoms with Crippen LogP contribution in [0.1, 0.15) is 36.8 Å². The van der Waals surface area contributed by atoms with E-state index >= 15 is 0 Å². The van der Waals surface area contributed by atoms with Crippen LogP contribution < -0.4 is 4.74 Å². The first-order valence-electron chi connectivity index (χ1n) is 8.07. The van der Waals surface area contributed by atoms with E-state index in [0.29, 0.717) is 24.1 Å². The molecule has 1 heterocycles. The largest absolute Gasteiger partial charge is 0.460 e. The van der Waals surface area contributed by atoms with Crippen molar-refractivity contribution in [1.29, 1.82) is 0 Å². The van der Waals surface area contributed by atoms with Gasteiger partial charge >= 0.3 is 12.0 Å². The van der Waals surface area contributed by atoms with Crippen molar-refractivity contribution in [2.24, 2.45) is 0 Å². The number of carbonyl (C=O) groups is 1. The summed E-state index contributed by atoms with van der Waals surface area (Å²) in [5.41, 5.74) is 1.81. The van der Waals surface area contributed by atoms with Crippen molar-refractivity contribution in [3.8, 4) is 17.9 Å². The summed E-state index contributed by atoms with van der Waals surface area (Å²) in [5.74, 6) is 4.94. The lowest BCUT2D eigenvalue weighted by atomic mass is 9.77. The fourth-order valence-electron chi connectivity index (χ4n) is 2.55. The van der Waals surface area contributed by atoms with E-state index in [0.717, 1.165) is 17.9 Å². The van der Waals surface area contributed by atoms with Crippen LogP contribution in [-0.4, -0.2) is 28.6 Å². The number of carbonyl (C=O) groups excluding carboxylic acids is 1. The van der Waals surface area contributed by atoms with E-state index in [1.165, 1.54) is 18.0 Å². The molecule has 6 heteroatoms. The van der Waals surface area contributed by atoms with Gasteiger partial charge in [-0.2, -0.15) is 0 Å². The van der Waals surface area contributed by atoms with Crippen molar-refractivity contribution in [1.82, 2.24) is 9.97 Å². The summed E-state index contributed by atoms with van der Waals surface area (Å²) < 4.78 is 10.5. The highest BCUT2D eigenvalue weighted by molar-refractivity contribution is 6.30. The van der Waals surface area contributed by atoms with Gasteiger partial charge in [-0.1, -0.05) is 29.7 Å². The van der Waals surface area contributed by atoms with Crippen LogP contribution in [0.5, 0.6) is 6.01 Å². The van der Waals surface area contributed by atoms with Gasteiger partial charge in [0.2, 0.25) is 0 Å². The second-order valence-corrected chi connectivity index (χ2v) is 6.12. The molecule has 128 valence electrons. The highest BCUT2D eigenvalue weighted by Gasteiger charge is 2.32. The molecule has 0 atom stereocenters. The molecule has 0 saturated heterocycles. The van der Waals surface area contributed by atoms with Gasteiger partial charge in [0.15, 0.2) is 0 Å². The van der Waals surface area contributed by atoms with Gasteiger partial charge in [-0.3, -0.25) is 0 Å². The van der Waals surface area contributed by atoms with Crippen molar-refractivity contribution in [2.75, 3.05) is 6.61 Å². The molecule has 1 aliphatic carbocycles. The highest BCUT2D eigenvalue weighted by Crippen LogP contribution is 2.38. The quantitative estimate of drug-likeness (QED) is 0.621. The standard InChI is InChI=1S/C19H17ClN2O3/c1-2-24-18(23)8-3-13-11-21-19(22-12-13)25-17-9-15(10-17)14-4-6-16(20)7-5-14/h4-7,11-12,15,17H,2,9-10H2,1H3. The maximum Gasteiger partial charge on any atom is 0.384 e. The van der Waals surface area contributed by atoms with E-state index in [4.69, 9.17) is 21.1 Å². The van der Waals surface area contributed by atoms with Gasteiger partial charge < -0.3 is 9.47 Å². The first-order valence-corrected chi connectivity index (χ1v) is 8.44. The Hall–Kier alpha value is -2.58. The summed E-state index contributed by atoms with van der Waals surface area (Å²) in [6.07, 6.45) is 5.02. The minimum absolute atomic E-state index is 0.108. The van der Waals surface area contributed by atoms with Crippen molar-refractivity contribution < 1.29 is 14.3 Å². The van der Waals surface area contributed by atoms with E-state index in [2.05, 4.69) is 33.9 Å². The van der Waals surface area contributed by atoms with Crippen LogP contribution in [-0.2, 0) is 9.53 Å². The van der Waals surface area contributed by atoms with Crippen LogP contribution in [0, 0.1) is 11.8 Å². The van der Waals surface area contributed by atoms with Crippen molar-refractivity contribution in [3.63, 3.8) is 0 Å². The Labute approximate surface area is 151 Å². The molecule has 0 aliphatic heterocycles. The highest BCUT2D eigenvalue weighted by atomic mass is 35.5. The summed E-state index contributed by atoms with van der Waals surface area (Å²) in [7, 11) is 0. The monoisotopic (exact) mass is 356 g/mol. The molecule has 0 amide bonds. The van der Waals surface area contributed by atoms with Gasteiger partial charge in [0, 0.05) is 23.3 Å². The number of benzene rings is 1. The van der Waals surface area contributed by atoms with E-state index in [9.17, 15) is 4.79 Å². The number of halogens is 1. The van der Waals surface area contributed by atoms with Gasteiger partial charge in [0.05, 0.1) is 12.2 Å². The van der Waals surface area contributed by atoms with Gasteiger partial charge in [0.1, 0.15) is 6.10 Å². The Morgan fingerprint density at radius 3 is 2.56 bits per heavy atom. The molecule has 0 N–H and O–H groups in total. The Kier molecular flexibility index (Phi) is 5.52. The van der Waals surface area contributed by atoms with Crippen LogP contribution >= 0.6 is 11.6 Å². The van der Waals surface area contributed by atoms with Crippen molar-refractivity contribution in [2.45, 2.75) is 31.8 Å². The topological polar surface area (TPSA) is 61.3 Å². The molecular weight excluding hydrogens is 340 g/mol. The third-order valence-corrected chi connectivity index (χ3v) is 4.17. The van der Waals surface area contributed by atoms with Crippen LogP contribution in [0.2, 0.25) is 5.02 Å². The molecule has 1 aliphatic rings. The summed E-state index contributed by atoms with van der Waals surface area (Å²) in [6.45, 7) is 2.03. The minimum Gasteiger partial charge on any atom is -0.460 e. The van der Waals surface area contributed by atoms with E-state index in [1.807, 2.05) is 12.1 Å². The lowest BCUT2D eigenvalue weighted by Crippen LogP contribution is -2.32. The number of hydrogen-bond acceptors (Lipinski definition) is 5. The van der Waals surface area contributed by atoms with E-state index < -0.39 is 5.97 Å². The van der Waals surface area contributed by atoms with Crippen LogP contribution in [0.15, 0.2) is 36.7 Å². The zero-order valence-electron chi connectivity index (χ0n) is 13.7. The third-order valence-electron chi connectivity index (χ3n) is 3.92. The van der Waals surface area contributed by atoms with Crippen molar-refractivity contribution in [3.05, 3.63) is 52.8 Å². The molecule has 5 nitrogen and oxygen atoms in total. The fourth-order valence-corrected chi connectivity index (χ4v) is 2.68. The van der Waals surface area contributed by atoms with Gasteiger partial charge in [-0.05, 0) is 43.4 Å². The second-order valence-electron chi connectivity index (χ2n) is 5.68. The van der Waals surface area contributed by atoms with Gasteiger partial charge in [0.25, 0.3) is 0 Å². The zero-order valence-corrected chi connectivity index (χ0v) is 14.5. The molecule has 1 aromatic heterocycles. The molecule has 0 unspecified atom stereocenters. The lowest BCUT2D eigenvalue weighted by molar-refractivity contribution is -0.136. The number of nitrogens with zero attached hydrogens (tertiary/aromatic N) is 2. The molecule has 1 fully saturated rings. The number of hydrogen-bond donors (Lipinski definition) is 0. The SMILES string of the molecule is CCOC(=O)C#Cc1cnc(OC2CC(c3ccc(Cl)cc3)C2)nc1. The summed E-state index contributed by atoms with van der Waals surface area (Å²) in [4.78, 5) is 19.4. The predicted molar refractivity (Wildman–Crippen MR) is 93.4 cm³/mol. The summed E-state index contributed by atoms with van der Waals surface area (Å²) >= 11 is 5.91. The first kappa shape index (κ1) is 17.2. The van der Waals surface area contributed by atoms with E-state index in [1.54, 1.807) is 6.92 Å². The third kappa shape index (κ3) is 4.71. The van der Waals surface area contributed by atoms with Crippen molar-refractivity contribution >= 4 is 17.6 Å². The first-order chi connectivity index (χ1) is 12.1. The Morgan fingerprint density at radius 2 is 1.92 bits per heavy atom. The maximum absolute atomic E-state index is 11.2. The second kappa shape index (κ2) is 8.00. The van der Waals surface area contributed by atoms with Crippen LogP contribution in [0.4, 0.5) is 0 Å². The molecule has 0 bridgehead atoms. The molecule has 2 aromatic rings. The van der Waals surface area contributed by atoms with Gasteiger partial charge in [-0.15, -0.1) is 0 Å². The molecular formula is C19H17ClN2O3.